The molecule has 2 unspecified atom stereocenters. The zero-order valence-corrected chi connectivity index (χ0v) is 22.4. The first-order chi connectivity index (χ1) is 18.7. The zero-order chi connectivity index (χ0) is 29.2. The van der Waals surface area contributed by atoms with Crippen molar-refractivity contribution in [2.75, 3.05) is 6.61 Å². The highest BCUT2D eigenvalue weighted by Crippen LogP contribution is 2.56. The quantitative estimate of drug-likeness (QED) is 0.295. The van der Waals surface area contributed by atoms with Gasteiger partial charge in [0.2, 0.25) is 5.88 Å². The van der Waals surface area contributed by atoms with E-state index in [0.29, 0.717) is 36.0 Å². The SMILES string of the molecule is CC(=O)O.CC(C)(O)CCOc1ccc(-c2cc(COc3cc4c(cn3)C3CC3C4)c(F)cc2C(F)(F)F)cc1. The fourth-order valence-electron chi connectivity index (χ4n) is 4.72. The second-order valence-corrected chi connectivity index (χ2v) is 10.8. The highest BCUT2D eigenvalue weighted by atomic mass is 19.4. The Morgan fingerprint density at radius 2 is 1.77 bits per heavy atom. The van der Waals surface area contributed by atoms with E-state index in [4.69, 9.17) is 19.4 Å². The van der Waals surface area contributed by atoms with Gasteiger partial charge in [0.1, 0.15) is 18.2 Å². The van der Waals surface area contributed by atoms with Crippen molar-refractivity contribution in [2.24, 2.45) is 5.92 Å². The molecule has 2 aliphatic rings. The van der Waals surface area contributed by atoms with Crippen LogP contribution in [0.1, 0.15) is 61.8 Å². The van der Waals surface area contributed by atoms with E-state index in [-0.39, 0.29) is 29.9 Å². The smallest absolute Gasteiger partial charge is 0.417 e. The minimum absolute atomic E-state index is 0.00801. The summed E-state index contributed by atoms with van der Waals surface area (Å²) in [6.45, 7) is 4.42. The van der Waals surface area contributed by atoms with Crippen molar-refractivity contribution in [3.8, 4) is 22.8 Å². The number of alkyl halides is 3. The van der Waals surface area contributed by atoms with Crippen molar-refractivity contribution in [3.05, 3.63) is 76.7 Å². The molecule has 0 bridgehead atoms. The lowest BCUT2D eigenvalue weighted by molar-refractivity contribution is -0.137. The molecule has 2 aliphatic carbocycles. The number of halogens is 4. The van der Waals surface area contributed by atoms with E-state index in [1.54, 1.807) is 32.2 Å². The predicted molar refractivity (Wildman–Crippen MR) is 140 cm³/mol. The summed E-state index contributed by atoms with van der Waals surface area (Å²) in [5, 5.41) is 17.2. The van der Waals surface area contributed by atoms with Gasteiger partial charge in [-0.3, -0.25) is 4.79 Å². The molecule has 1 fully saturated rings. The van der Waals surface area contributed by atoms with Crippen LogP contribution in [0.4, 0.5) is 17.6 Å². The van der Waals surface area contributed by atoms with E-state index >= 15 is 0 Å². The molecule has 10 heteroatoms. The van der Waals surface area contributed by atoms with Crippen LogP contribution in [-0.2, 0) is 24.0 Å². The molecular weight excluding hydrogens is 530 g/mol. The Balaban J connectivity index is 0.000000867. The Labute approximate surface area is 229 Å². The number of rotatable bonds is 8. The van der Waals surface area contributed by atoms with Crippen molar-refractivity contribution in [2.45, 2.75) is 64.3 Å². The lowest BCUT2D eigenvalue weighted by Crippen LogP contribution is -2.21. The first-order valence-electron chi connectivity index (χ1n) is 12.9. The van der Waals surface area contributed by atoms with Gasteiger partial charge in [-0.1, -0.05) is 12.1 Å². The number of pyridine rings is 1. The summed E-state index contributed by atoms with van der Waals surface area (Å²) < 4.78 is 67.2. The van der Waals surface area contributed by atoms with Crippen LogP contribution in [-0.4, -0.2) is 33.4 Å². The van der Waals surface area contributed by atoms with Gasteiger partial charge in [-0.25, -0.2) is 9.37 Å². The highest BCUT2D eigenvalue weighted by molar-refractivity contribution is 5.69. The average Bonchev–Trinajstić information content (AvgIpc) is 3.52. The van der Waals surface area contributed by atoms with Gasteiger partial charge in [0.05, 0.1) is 17.8 Å². The van der Waals surface area contributed by atoms with Gasteiger partial charge in [0.25, 0.3) is 5.97 Å². The van der Waals surface area contributed by atoms with Crippen molar-refractivity contribution in [1.29, 1.82) is 0 Å². The van der Waals surface area contributed by atoms with Gasteiger partial charge in [-0.15, -0.1) is 0 Å². The predicted octanol–water partition coefficient (Wildman–Crippen LogP) is 6.78. The second-order valence-electron chi connectivity index (χ2n) is 10.8. The summed E-state index contributed by atoms with van der Waals surface area (Å²) >= 11 is 0. The van der Waals surface area contributed by atoms with Crippen LogP contribution in [0.15, 0.2) is 48.7 Å². The van der Waals surface area contributed by atoms with Crippen LogP contribution < -0.4 is 9.47 Å². The fourth-order valence-corrected chi connectivity index (χ4v) is 4.72. The summed E-state index contributed by atoms with van der Waals surface area (Å²) in [6.07, 6.45) is -0.367. The van der Waals surface area contributed by atoms with Gasteiger partial charge in [0, 0.05) is 31.2 Å². The first-order valence-corrected chi connectivity index (χ1v) is 12.9. The fraction of sp³-hybridized carbons (Fsp3) is 0.400. The van der Waals surface area contributed by atoms with E-state index in [1.165, 1.54) is 35.7 Å². The normalized spacial score (nSPS) is 17.3. The number of hydrogen-bond acceptors (Lipinski definition) is 5. The molecule has 0 amide bonds. The summed E-state index contributed by atoms with van der Waals surface area (Å²) in [5.41, 5.74) is 0.607. The number of benzene rings is 2. The Morgan fingerprint density at radius 1 is 1.10 bits per heavy atom. The number of fused-ring (bicyclic) bond motifs is 3. The van der Waals surface area contributed by atoms with Crippen LogP contribution in [0.3, 0.4) is 0 Å². The molecule has 0 saturated heterocycles. The topological polar surface area (TPSA) is 88.9 Å². The molecule has 6 nitrogen and oxygen atoms in total. The Bertz CT molecular complexity index is 1360. The standard InChI is InChI=1S/C28H27F4NO3.C2H4O2/c1-27(2,34)7-8-35-20-5-3-16(4-6-20)22-11-19(25(29)13-24(22)28(30,31)32)15-36-26-12-18-9-17-10-21(17)23(18)14-33-26;1-2(3)4/h3-6,11-14,17,21,34H,7-10,15H2,1-2H3;1H3,(H,3,4). The number of hydrogen-bond donors (Lipinski definition) is 2. The first kappa shape index (κ1) is 29.3. The molecule has 0 aliphatic heterocycles. The summed E-state index contributed by atoms with van der Waals surface area (Å²) in [6, 6.07) is 9.66. The van der Waals surface area contributed by atoms with E-state index in [1.807, 2.05) is 6.07 Å². The molecule has 1 heterocycles. The number of aromatic nitrogens is 1. The van der Waals surface area contributed by atoms with Gasteiger partial charge < -0.3 is 19.7 Å². The third kappa shape index (κ3) is 7.50. The van der Waals surface area contributed by atoms with Crippen LogP contribution >= 0.6 is 0 Å². The van der Waals surface area contributed by atoms with E-state index in [9.17, 15) is 22.7 Å². The van der Waals surface area contributed by atoms with Crippen molar-refractivity contribution >= 4 is 5.97 Å². The zero-order valence-electron chi connectivity index (χ0n) is 22.4. The number of ether oxygens (including phenoxy) is 2. The minimum atomic E-state index is -4.74. The van der Waals surface area contributed by atoms with Gasteiger partial charge in [-0.05, 0) is 85.0 Å². The van der Waals surface area contributed by atoms with Crippen LogP contribution in [0.5, 0.6) is 11.6 Å². The van der Waals surface area contributed by atoms with E-state index in [2.05, 4.69) is 4.98 Å². The van der Waals surface area contributed by atoms with Gasteiger partial charge in [0.15, 0.2) is 0 Å². The van der Waals surface area contributed by atoms with Crippen LogP contribution in [0.2, 0.25) is 0 Å². The maximum Gasteiger partial charge on any atom is 0.417 e. The second kappa shape index (κ2) is 11.4. The molecule has 1 aromatic heterocycles. The lowest BCUT2D eigenvalue weighted by Gasteiger charge is -2.18. The van der Waals surface area contributed by atoms with Crippen LogP contribution in [0, 0.1) is 11.7 Å². The number of aliphatic carboxylic acids is 1. The van der Waals surface area contributed by atoms with Crippen molar-refractivity contribution < 1.29 is 42.0 Å². The summed E-state index contributed by atoms with van der Waals surface area (Å²) in [7, 11) is 0. The molecule has 0 radical (unpaired) electrons. The Kier molecular flexibility index (Phi) is 8.39. The average molecular weight is 562 g/mol. The number of nitrogens with zero attached hydrogens (tertiary/aromatic N) is 1. The number of carboxylic acids is 1. The van der Waals surface area contributed by atoms with Crippen LogP contribution in [0.25, 0.3) is 11.1 Å². The number of aliphatic hydroxyl groups is 1. The molecule has 5 rings (SSSR count). The molecule has 40 heavy (non-hydrogen) atoms. The van der Waals surface area contributed by atoms with E-state index in [0.717, 1.165) is 13.3 Å². The third-order valence-corrected chi connectivity index (χ3v) is 6.82. The van der Waals surface area contributed by atoms with Gasteiger partial charge >= 0.3 is 6.18 Å². The molecule has 2 atom stereocenters. The van der Waals surface area contributed by atoms with Crippen molar-refractivity contribution in [3.63, 3.8) is 0 Å². The van der Waals surface area contributed by atoms with E-state index < -0.39 is 29.1 Å². The highest BCUT2D eigenvalue weighted by Gasteiger charge is 2.45. The minimum Gasteiger partial charge on any atom is -0.493 e. The molecule has 2 N–H and O–H groups in total. The lowest BCUT2D eigenvalue weighted by atomic mass is 9.96. The Hall–Kier alpha value is -3.66. The summed E-state index contributed by atoms with van der Waals surface area (Å²) in [4.78, 5) is 13.3. The maximum atomic E-state index is 14.7. The Morgan fingerprint density at radius 3 is 2.40 bits per heavy atom. The number of carboxylic acid groups (broad SMARTS) is 1. The molecule has 2 aromatic carbocycles. The molecule has 0 spiro atoms. The molecular formula is C30H31F4NO5. The molecule has 214 valence electrons. The van der Waals surface area contributed by atoms with Gasteiger partial charge in [-0.2, -0.15) is 13.2 Å². The monoisotopic (exact) mass is 561 g/mol. The number of carbonyl (C=O) groups is 1. The maximum absolute atomic E-state index is 14.7. The third-order valence-electron chi connectivity index (χ3n) is 6.82. The summed E-state index contributed by atoms with van der Waals surface area (Å²) in [5.74, 6) is 0.256. The largest absolute Gasteiger partial charge is 0.493 e. The van der Waals surface area contributed by atoms with Crippen molar-refractivity contribution in [1.82, 2.24) is 4.98 Å². The molecule has 3 aromatic rings. The molecule has 1 saturated carbocycles.